The molecule has 0 radical (unpaired) electrons. The number of rotatable bonds is 4. The number of carbonyl (C=O) groups excluding carboxylic acids is 2. The summed E-state index contributed by atoms with van der Waals surface area (Å²) in [5, 5.41) is 13.2. The van der Waals surface area contributed by atoms with Crippen LogP contribution in [0.2, 0.25) is 0 Å². The van der Waals surface area contributed by atoms with Crippen LogP contribution in [0.4, 0.5) is 0 Å². The van der Waals surface area contributed by atoms with Gasteiger partial charge in [0.2, 0.25) is 11.8 Å². The Balaban J connectivity index is 1.59. The minimum Gasteiger partial charge on any atom is -0.508 e. The Morgan fingerprint density at radius 3 is 2.54 bits per heavy atom. The number of phenols is 1. The summed E-state index contributed by atoms with van der Waals surface area (Å²) in [6.45, 7) is 0.657. The maximum atomic E-state index is 13.3. The second kappa shape index (κ2) is 8.14. The van der Waals surface area contributed by atoms with E-state index in [0.717, 1.165) is 38.5 Å². The fraction of sp³-hybridized carbons (Fsp3) is 0.652. The molecular formula is C23H32N2O3. The number of benzene rings is 1. The van der Waals surface area contributed by atoms with Crippen LogP contribution in [0.1, 0.15) is 82.2 Å². The average Bonchev–Trinajstić information content (AvgIpc) is 2.98. The standard InChI is InChI=1S/C23H32N2O3/c26-19-11-7-8-17(14-19)21(22(28)24-18-9-3-1-4-10-18)25-16-23(15-20(25)27)12-5-2-6-13-23/h7-8,11,14,18,21,26H,1-6,9-10,12-13,15-16H2,(H,24,28). The molecule has 3 aliphatic rings. The van der Waals surface area contributed by atoms with Crippen molar-refractivity contribution in [3.05, 3.63) is 29.8 Å². The molecule has 1 spiro atoms. The first-order chi connectivity index (χ1) is 13.6. The van der Waals surface area contributed by atoms with Gasteiger partial charge in [0.1, 0.15) is 11.8 Å². The van der Waals surface area contributed by atoms with E-state index >= 15 is 0 Å². The van der Waals surface area contributed by atoms with Gasteiger partial charge in [-0.15, -0.1) is 0 Å². The molecule has 4 rings (SSSR count). The van der Waals surface area contributed by atoms with Crippen LogP contribution >= 0.6 is 0 Å². The van der Waals surface area contributed by atoms with Crippen LogP contribution in [0.15, 0.2) is 24.3 Å². The lowest BCUT2D eigenvalue weighted by Gasteiger charge is -2.35. The van der Waals surface area contributed by atoms with E-state index in [1.165, 1.54) is 25.7 Å². The molecule has 1 unspecified atom stereocenters. The Kier molecular flexibility index (Phi) is 5.61. The zero-order chi connectivity index (χ0) is 19.6. The van der Waals surface area contributed by atoms with Crippen LogP contribution in [0.3, 0.4) is 0 Å². The molecule has 3 fully saturated rings. The molecule has 1 heterocycles. The van der Waals surface area contributed by atoms with Crippen molar-refractivity contribution < 1.29 is 14.7 Å². The van der Waals surface area contributed by atoms with Gasteiger partial charge in [-0.25, -0.2) is 0 Å². The van der Waals surface area contributed by atoms with E-state index in [9.17, 15) is 14.7 Å². The summed E-state index contributed by atoms with van der Waals surface area (Å²) in [4.78, 5) is 28.2. The maximum absolute atomic E-state index is 13.3. The molecule has 0 aromatic heterocycles. The number of hydrogen-bond donors (Lipinski definition) is 2. The number of carbonyl (C=O) groups is 2. The van der Waals surface area contributed by atoms with Crippen molar-refractivity contribution >= 4 is 11.8 Å². The summed E-state index contributed by atoms with van der Waals surface area (Å²) >= 11 is 0. The summed E-state index contributed by atoms with van der Waals surface area (Å²) in [5.74, 6) is 0.111. The number of nitrogens with zero attached hydrogens (tertiary/aromatic N) is 1. The molecule has 2 saturated carbocycles. The molecule has 2 amide bonds. The number of hydrogen-bond acceptors (Lipinski definition) is 3. The van der Waals surface area contributed by atoms with Crippen molar-refractivity contribution in [1.82, 2.24) is 10.2 Å². The quantitative estimate of drug-likeness (QED) is 0.822. The molecule has 28 heavy (non-hydrogen) atoms. The van der Waals surface area contributed by atoms with Gasteiger partial charge in [0.25, 0.3) is 0 Å². The zero-order valence-corrected chi connectivity index (χ0v) is 16.7. The predicted molar refractivity (Wildman–Crippen MR) is 108 cm³/mol. The van der Waals surface area contributed by atoms with Crippen molar-refractivity contribution in [2.45, 2.75) is 82.7 Å². The highest BCUT2D eigenvalue weighted by molar-refractivity contribution is 5.90. The number of amides is 2. The molecule has 1 atom stereocenters. The second-order valence-electron chi connectivity index (χ2n) is 9.10. The molecule has 1 aromatic rings. The Labute approximate surface area is 167 Å². The van der Waals surface area contributed by atoms with Crippen molar-refractivity contribution in [1.29, 1.82) is 0 Å². The third-order valence-corrected chi connectivity index (χ3v) is 6.96. The second-order valence-corrected chi connectivity index (χ2v) is 9.10. The molecule has 5 heteroatoms. The molecule has 152 valence electrons. The third kappa shape index (κ3) is 4.03. The predicted octanol–water partition coefficient (Wildman–Crippen LogP) is 4.07. The first-order valence-corrected chi connectivity index (χ1v) is 11.0. The Bertz CT molecular complexity index is 720. The van der Waals surface area contributed by atoms with Gasteiger partial charge in [-0.3, -0.25) is 9.59 Å². The van der Waals surface area contributed by atoms with E-state index in [1.54, 1.807) is 23.1 Å². The van der Waals surface area contributed by atoms with Crippen LogP contribution < -0.4 is 5.32 Å². The molecule has 1 saturated heterocycles. The molecule has 2 aliphatic carbocycles. The highest BCUT2D eigenvalue weighted by atomic mass is 16.3. The lowest BCUT2D eigenvalue weighted by molar-refractivity contribution is -0.138. The SMILES string of the molecule is O=C(NC1CCCCC1)C(c1cccc(O)c1)N1CC2(CCCCC2)CC1=O. The number of nitrogens with one attached hydrogen (secondary N) is 1. The monoisotopic (exact) mass is 384 g/mol. The summed E-state index contributed by atoms with van der Waals surface area (Å²) in [5.41, 5.74) is 0.740. The fourth-order valence-electron chi connectivity index (χ4n) is 5.49. The smallest absolute Gasteiger partial charge is 0.247 e. The molecular weight excluding hydrogens is 352 g/mol. The molecule has 1 aliphatic heterocycles. The summed E-state index contributed by atoms with van der Waals surface area (Å²) in [7, 11) is 0. The minimum absolute atomic E-state index is 0.0372. The molecule has 1 aromatic carbocycles. The number of aromatic hydroxyl groups is 1. The lowest BCUT2D eigenvalue weighted by atomic mass is 9.73. The molecule has 5 nitrogen and oxygen atoms in total. The average molecular weight is 385 g/mol. The highest BCUT2D eigenvalue weighted by Gasteiger charge is 2.47. The van der Waals surface area contributed by atoms with Gasteiger partial charge in [0.05, 0.1) is 0 Å². The van der Waals surface area contributed by atoms with Crippen LogP contribution in [-0.2, 0) is 9.59 Å². The summed E-state index contributed by atoms with van der Waals surface area (Å²) in [6, 6.07) is 6.38. The normalized spacial score (nSPS) is 23.7. The van der Waals surface area contributed by atoms with Gasteiger partial charge in [0, 0.05) is 19.0 Å². The van der Waals surface area contributed by atoms with E-state index in [4.69, 9.17) is 0 Å². The van der Waals surface area contributed by atoms with Crippen molar-refractivity contribution in [3.63, 3.8) is 0 Å². The Morgan fingerprint density at radius 1 is 1.11 bits per heavy atom. The van der Waals surface area contributed by atoms with Crippen LogP contribution in [-0.4, -0.2) is 34.4 Å². The van der Waals surface area contributed by atoms with Gasteiger partial charge in [-0.1, -0.05) is 50.7 Å². The van der Waals surface area contributed by atoms with Crippen LogP contribution in [0.5, 0.6) is 5.75 Å². The first-order valence-electron chi connectivity index (χ1n) is 11.0. The Hall–Kier alpha value is -2.04. The van der Waals surface area contributed by atoms with Crippen LogP contribution in [0.25, 0.3) is 0 Å². The topological polar surface area (TPSA) is 69.6 Å². The third-order valence-electron chi connectivity index (χ3n) is 6.96. The van der Waals surface area contributed by atoms with Crippen molar-refractivity contribution in [2.75, 3.05) is 6.54 Å². The number of phenolic OH excluding ortho intramolecular Hbond substituents is 1. The van der Waals surface area contributed by atoms with Gasteiger partial charge in [-0.05, 0) is 48.8 Å². The summed E-state index contributed by atoms with van der Waals surface area (Å²) < 4.78 is 0. The van der Waals surface area contributed by atoms with Gasteiger partial charge in [0.15, 0.2) is 0 Å². The van der Waals surface area contributed by atoms with E-state index in [0.29, 0.717) is 18.5 Å². The fourth-order valence-corrected chi connectivity index (χ4v) is 5.49. The van der Waals surface area contributed by atoms with E-state index in [2.05, 4.69) is 5.32 Å². The van der Waals surface area contributed by atoms with Crippen molar-refractivity contribution in [3.8, 4) is 5.75 Å². The minimum atomic E-state index is -0.650. The zero-order valence-electron chi connectivity index (χ0n) is 16.7. The summed E-state index contributed by atoms with van der Waals surface area (Å²) in [6.07, 6.45) is 11.8. The van der Waals surface area contributed by atoms with Gasteiger partial charge >= 0.3 is 0 Å². The lowest BCUT2D eigenvalue weighted by Crippen LogP contribution is -2.46. The van der Waals surface area contributed by atoms with E-state index in [-0.39, 0.29) is 29.0 Å². The molecule has 0 bridgehead atoms. The Morgan fingerprint density at radius 2 is 1.82 bits per heavy atom. The van der Waals surface area contributed by atoms with Gasteiger partial charge < -0.3 is 15.3 Å². The van der Waals surface area contributed by atoms with E-state index < -0.39 is 6.04 Å². The maximum Gasteiger partial charge on any atom is 0.247 e. The van der Waals surface area contributed by atoms with Crippen LogP contribution in [0, 0.1) is 5.41 Å². The van der Waals surface area contributed by atoms with Crippen molar-refractivity contribution in [2.24, 2.45) is 5.41 Å². The van der Waals surface area contributed by atoms with E-state index in [1.807, 2.05) is 6.07 Å². The highest BCUT2D eigenvalue weighted by Crippen LogP contribution is 2.46. The number of likely N-dealkylation sites (tertiary alicyclic amines) is 1. The molecule has 2 N–H and O–H groups in total. The first kappa shape index (κ1) is 19.3. The van der Waals surface area contributed by atoms with Gasteiger partial charge in [-0.2, -0.15) is 0 Å². The largest absolute Gasteiger partial charge is 0.508 e.